The smallest absolute Gasteiger partial charge is 0.0788 e. The molecule has 1 aliphatic rings. The molecule has 2 heteroatoms. The SMILES string of the molecule is CC1(C)c2ccccc2-c2c1ccc1c(-c3cccc(-c4ccc5ccccc5n4)c3)nc3ccccc3c21. The van der Waals surface area contributed by atoms with E-state index >= 15 is 0 Å². The van der Waals surface area contributed by atoms with Gasteiger partial charge in [-0.3, -0.25) is 0 Å². The third-order valence-corrected chi connectivity index (χ3v) is 8.44. The number of para-hydroxylation sites is 2. The maximum Gasteiger partial charge on any atom is 0.0788 e. The van der Waals surface area contributed by atoms with E-state index in [1.165, 1.54) is 38.4 Å². The average Bonchev–Trinajstić information content (AvgIpc) is 3.23. The zero-order chi connectivity index (χ0) is 26.1. The highest BCUT2D eigenvalue weighted by Gasteiger charge is 2.36. The van der Waals surface area contributed by atoms with Crippen LogP contribution in [0.4, 0.5) is 0 Å². The van der Waals surface area contributed by atoms with Crippen LogP contribution in [-0.4, -0.2) is 9.97 Å². The Bertz CT molecular complexity index is 2100. The van der Waals surface area contributed by atoms with Gasteiger partial charge in [0, 0.05) is 38.1 Å². The van der Waals surface area contributed by atoms with E-state index < -0.39 is 0 Å². The molecular weight excluding hydrogens is 472 g/mol. The number of benzene rings is 5. The first-order chi connectivity index (χ1) is 19.1. The van der Waals surface area contributed by atoms with Crippen LogP contribution in [0.1, 0.15) is 25.0 Å². The summed E-state index contributed by atoms with van der Waals surface area (Å²) in [5.41, 5.74) is 11.6. The lowest BCUT2D eigenvalue weighted by Gasteiger charge is -2.22. The van der Waals surface area contributed by atoms with E-state index in [9.17, 15) is 0 Å². The highest BCUT2D eigenvalue weighted by molar-refractivity contribution is 6.19. The van der Waals surface area contributed by atoms with Crippen molar-refractivity contribution in [1.29, 1.82) is 0 Å². The van der Waals surface area contributed by atoms with Crippen molar-refractivity contribution in [2.75, 3.05) is 0 Å². The zero-order valence-electron chi connectivity index (χ0n) is 21.9. The van der Waals surface area contributed by atoms with Crippen LogP contribution in [0.3, 0.4) is 0 Å². The van der Waals surface area contributed by atoms with Crippen LogP contribution in [0.5, 0.6) is 0 Å². The molecule has 7 aromatic rings. The van der Waals surface area contributed by atoms with Gasteiger partial charge in [0.2, 0.25) is 0 Å². The number of pyridine rings is 2. The van der Waals surface area contributed by atoms with Crippen molar-refractivity contribution in [2.45, 2.75) is 19.3 Å². The van der Waals surface area contributed by atoms with E-state index in [4.69, 9.17) is 9.97 Å². The van der Waals surface area contributed by atoms with Gasteiger partial charge in [-0.2, -0.15) is 0 Å². The monoisotopic (exact) mass is 498 g/mol. The lowest BCUT2D eigenvalue weighted by Crippen LogP contribution is -2.14. The number of hydrogen-bond donors (Lipinski definition) is 0. The minimum Gasteiger partial charge on any atom is -0.248 e. The zero-order valence-corrected chi connectivity index (χ0v) is 21.9. The third-order valence-electron chi connectivity index (χ3n) is 8.44. The second-order valence-electron chi connectivity index (χ2n) is 11.0. The molecule has 2 aromatic heterocycles. The van der Waals surface area contributed by atoms with Crippen LogP contribution in [0, 0.1) is 0 Å². The van der Waals surface area contributed by atoms with E-state index in [2.05, 4.69) is 129 Å². The van der Waals surface area contributed by atoms with Crippen LogP contribution in [0.15, 0.2) is 121 Å². The molecule has 5 aromatic carbocycles. The molecule has 0 saturated heterocycles. The Balaban J connectivity index is 1.41. The molecule has 0 amide bonds. The van der Waals surface area contributed by atoms with Crippen LogP contribution in [0.25, 0.3) is 66.2 Å². The first-order valence-corrected chi connectivity index (χ1v) is 13.5. The van der Waals surface area contributed by atoms with Gasteiger partial charge in [-0.05, 0) is 46.5 Å². The summed E-state index contributed by atoms with van der Waals surface area (Å²) in [5, 5.41) is 4.83. The van der Waals surface area contributed by atoms with E-state index in [-0.39, 0.29) is 5.41 Å². The van der Waals surface area contributed by atoms with Crippen molar-refractivity contribution in [1.82, 2.24) is 9.97 Å². The van der Waals surface area contributed by atoms with Gasteiger partial charge in [0.25, 0.3) is 0 Å². The summed E-state index contributed by atoms with van der Waals surface area (Å²) >= 11 is 0. The fourth-order valence-corrected chi connectivity index (χ4v) is 6.51. The minimum atomic E-state index is -0.0493. The molecule has 0 fully saturated rings. The van der Waals surface area contributed by atoms with Crippen LogP contribution < -0.4 is 0 Å². The largest absolute Gasteiger partial charge is 0.248 e. The summed E-state index contributed by atoms with van der Waals surface area (Å²) in [5.74, 6) is 0. The van der Waals surface area contributed by atoms with Gasteiger partial charge in [0.05, 0.1) is 22.4 Å². The van der Waals surface area contributed by atoms with E-state index in [0.29, 0.717) is 0 Å². The number of rotatable bonds is 2. The van der Waals surface area contributed by atoms with Gasteiger partial charge >= 0.3 is 0 Å². The molecule has 0 radical (unpaired) electrons. The first-order valence-electron chi connectivity index (χ1n) is 13.5. The number of hydrogen-bond acceptors (Lipinski definition) is 2. The van der Waals surface area contributed by atoms with Crippen molar-refractivity contribution in [3.63, 3.8) is 0 Å². The molecule has 184 valence electrons. The summed E-state index contributed by atoms with van der Waals surface area (Å²) in [4.78, 5) is 10.2. The second kappa shape index (κ2) is 8.09. The quantitative estimate of drug-likeness (QED) is 0.222. The number of fused-ring (bicyclic) bond motifs is 8. The lowest BCUT2D eigenvalue weighted by molar-refractivity contribution is 0.661. The molecule has 0 unspecified atom stereocenters. The van der Waals surface area contributed by atoms with Gasteiger partial charge in [0.15, 0.2) is 0 Å². The Hall–Kier alpha value is -4.82. The predicted molar refractivity (Wildman–Crippen MR) is 163 cm³/mol. The van der Waals surface area contributed by atoms with E-state index in [1.807, 2.05) is 6.07 Å². The predicted octanol–water partition coefficient (Wildman–Crippen LogP) is 9.58. The first kappa shape index (κ1) is 22.2. The molecule has 0 aliphatic heterocycles. The van der Waals surface area contributed by atoms with Gasteiger partial charge in [0.1, 0.15) is 0 Å². The third kappa shape index (κ3) is 3.21. The summed E-state index contributed by atoms with van der Waals surface area (Å²) in [7, 11) is 0. The van der Waals surface area contributed by atoms with Crippen molar-refractivity contribution in [3.8, 4) is 33.6 Å². The molecule has 1 aliphatic carbocycles. The standard InChI is InChI=1S/C37H26N2/c1-37(2)29-15-6-4-13-26(29)35-30(37)20-19-28-34(35)27-14-5-8-17-33(27)39-36(28)25-12-9-11-24(22-25)32-21-18-23-10-3-7-16-31(23)38-32/h3-22H,1-2H3. The second-order valence-corrected chi connectivity index (χ2v) is 11.0. The molecule has 0 N–H and O–H groups in total. The molecule has 2 nitrogen and oxygen atoms in total. The van der Waals surface area contributed by atoms with Crippen LogP contribution in [-0.2, 0) is 5.41 Å². The summed E-state index contributed by atoms with van der Waals surface area (Å²) in [6.07, 6.45) is 0. The molecule has 0 bridgehead atoms. The topological polar surface area (TPSA) is 25.8 Å². The Labute approximate surface area is 227 Å². The Morgan fingerprint density at radius 1 is 0.538 bits per heavy atom. The minimum absolute atomic E-state index is 0.0493. The fourth-order valence-electron chi connectivity index (χ4n) is 6.51. The normalized spacial score (nSPS) is 13.6. The molecule has 2 heterocycles. The maximum absolute atomic E-state index is 5.26. The molecule has 39 heavy (non-hydrogen) atoms. The summed E-state index contributed by atoms with van der Waals surface area (Å²) in [6, 6.07) is 43.3. The van der Waals surface area contributed by atoms with Crippen LogP contribution >= 0.6 is 0 Å². The summed E-state index contributed by atoms with van der Waals surface area (Å²) < 4.78 is 0. The fraction of sp³-hybridized carbons (Fsp3) is 0.0811. The Kier molecular flexibility index (Phi) is 4.60. The molecule has 0 spiro atoms. The molecule has 8 rings (SSSR count). The van der Waals surface area contributed by atoms with Crippen molar-refractivity contribution in [3.05, 3.63) is 132 Å². The van der Waals surface area contributed by atoms with Crippen LogP contribution in [0.2, 0.25) is 0 Å². The van der Waals surface area contributed by atoms with E-state index in [1.54, 1.807) is 0 Å². The van der Waals surface area contributed by atoms with Crippen molar-refractivity contribution < 1.29 is 0 Å². The highest BCUT2D eigenvalue weighted by Crippen LogP contribution is 2.53. The molecular formula is C37H26N2. The van der Waals surface area contributed by atoms with Gasteiger partial charge in [-0.15, -0.1) is 0 Å². The molecule has 0 atom stereocenters. The Morgan fingerprint density at radius 2 is 1.31 bits per heavy atom. The average molecular weight is 499 g/mol. The van der Waals surface area contributed by atoms with Crippen molar-refractivity contribution in [2.24, 2.45) is 0 Å². The summed E-state index contributed by atoms with van der Waals surface area (Å²) in [6.45, 7) is 4.68. The van der Waals surface area contributed by atoms with Crippen molar-refractivity contribution >= 4 is 32.6 Å². The van der Waals surface area contributed by atoms with Gasteiger partial charge in [-0.1, -0.05) is 111 Å². The number of aromatic nitrogens is 2. The van der Waals surface area contributed by atoms with E-state index in [0.717, 1.165) is 38.9 Å². The highest BCUT2D eigenvalue weighted by atomic mass is 14.7. The number of nitrogens with zero attached hydrogens (tertiary/aromatic N) is 2. The molecule has 0 saturated carbocycles. The maximum atomic E-state index is 5.26. The van der Waals surface area contributed by atoms with Gasteiger partial charge < -0.3 is 0 Å². The Morgan fingerprint density at radius 3 is 2.23 bits per heavy atom. The van der Waals surface area contributed by atoms with Gasteiger partial charge in [-0.25, -0.2) is 9.97 Å². The lowest BCUT2D eigenvalue weighted by atomic mass is 9.81.